The third-order valence-electron chi connectivity index (χ3n) is 2.30. The largest absolute Gasteiger partial charge is 0.384 e. The summed E-state index contributed by atoms with van der Waals surface area (Å²) in [5, 5.41) is 12.0. The lowest BCUT2D eigenvalue weighted by Gasteiger charge is -2.04. The van der Waals surface area contributed by atoms with Crippen molar-refractivity contribution in [3.05, 3.63) is 35.4 Å². The van der Waals surface area contributed by atoms with Crippen LogP contribution in [0.25, 0.3) is 0 Å². The van der Waals surface area contributed by atoms with Crippen LogP contribution in [0.2, 0.25) is 0 Å². The second-order valence-corrected chi connectivity index (χ2v) is 5.54. The Bertz CT molecular complexity index is 821. The van der Waals surface area contributed by atoms with Gasteiger partial charge in [0.05, 0.1) is 10.5 Å². The number of anilines is 1. The molecule has 0 spiro atoms. The SMILES string of the molecule is Cc1noc(NS(=O)(=O)c2ccc(C#CCO)c(F)c2)n1. The van der Waals surface area contributed by atoms with Gasteiger partial charge in [-0.2, -0.15) is 4.98 Å². The van der Waals surface area contributed by atoms with Crippen LogP contribution < -0.4 is 4.72 Å². The first-order valence-corrected chi connectivity index (χ1v) is 7.13. The second-order valence-electron chi connectivity index (χ2n) is 3.85. The third-order valence-corrected chi connectivity index (χ3v) is 3.62. The van der Waals surface area contributed by atoms with Crippen LogP contribution in [0.5, 0.6) is 0 Å². The summed E-state index contributed by atoms with van der Waals surface area (Å²) in [6, 6.07) is 2.88. The van der Waals surface area contributed by atoms with Gasteiger partial charge in [-0.1, -0.05) is 17.0 Å². The molecule has 9 heteroatoms. The maximum absolute atomic E-state index is 13.7. The summed E-state index contributed by atoms with van der Waals surface area (Å²) in [5.41, 5.74) is -0.0170. The minimum atomic E-state index is -4.04. The van der Waals surface area contributed by atoms with Crippen molar-refractivity contribution in [2.24, 2.45) is 0 Å². The number of rotatable bonds is 3. The van der Waals surface area contributed by atoms with Crippen molar-refractivity contribution in [2.45, 2.75) is 11.8 Å². The molecule has 0 unspecified atom stereocenters. The van der Waals surface area contributed by atoms with Gasteiger partial charge in [-0.25, -0.2) is 17.5 Å². The number of aryl methyl sites for hydroxylation is 1. The molecule has 1 heterocycles. The number of nitrogens with zero attached hydrogens (tertiary/aromatic N) is 2. The average Bonchev–Trinajstić information content (AvgIpc) is 2.82. The highest BCUT2D eigenvalue weighted by Gasteiger charge is 2.19. The molecule has 2 aromatic rings. The predicted molar refractivity (Wildman–Crippen MR) is 70.2 cm³/mol. The Hall–Kier alpha value is -2.44. The van der Waals surface area contributed by atoms with Gasteiger partial charge in [-0.15, -0.1) is 0 Å². The summed E-state index contributed by atoms with van der Waals surface area (Å²) in [6.07, 6.45) is 0. The zero-order valence-corrected chi connectivity index (χ0v) is 11.6. The van der Waals surface area contributed by atoms with Crippen LogP contribution in [0.15, 0.2) is 27.6 Å². The molecule has 0 bridgehead atoms. The summed E-state index contributed by atoms with van der Waals surface area (Å²) < 4.78 is 44.4. The highest BCUT2D eigenvalue weighted by molar-refractivity contribution is 7.92. The predicted octanol–water partition coefficient (Wildman–Crippen LogP) is 0.662. The van der Waals surface area contributed by atoms with Crippen molar-refractivity contribution in [1.29, 1.82) is 0 Å². The van der Waals surface area contributed by atoms with Crippen molar-refractivity contribution >= 4 is 16.0 Å². The van der Waals surface area contributed by atoms with E-state index in [1.807, 2.05) is 4.72 Å². The fourth-order valence-corrected chi connectivity index (χ4v) is 2.35. The topological polar surface area (TPSA) is 105 Å². The maximum Gasteiger partial charge on any atom is 0.335 e. The number of halogens is 1. The van der Waals surface area contributed by atoms with Gasteiger partial charge in [0.1, 0.15) is 12.4 Å². The molecule has 2 N–H and O–H groups in total. The zero-order chi connectivity index (χ0) is 15.5. The van der Waals surface area contributed by atoms with E-state index in [4.69, 9.17) is 5.11 Å². The number of aromatic nitrogens is 2. The highest BCUT2D eigenvalue weighted by Crippen LogP contribution is 2.17. The Morgan fingerprint density at radius 1 is 1.48 bits per heavy atom. The van der Waals surface area contributed by atoms with Crippen molar-refractivity contribution in [2.75, 3.05) is 11.3 Å². The summed E-state index contributed by atoms with van der Waals surface area (Å²) in [6.45, 7) is 1.10. The number of hydrogen-bond acceptors (Lipinski definition) is 6. The molecule has 0 aliphatic heterocycles. The zero-order valence-electron chi connectivity index (χ0n) is 10.8. The van der Waals surface area contributed by atoms with E-state index >= 15 is 0 Å². The third kappa shape index (κ3) is 3.56. The van der Waals surface area contributed by atoms with E-state index in [0.29, 0.717) is 0 Å². The van der Waals surface area contributed by atoms with Crippen LogP contribution >= 0.6 is 0 Å². The molecule has 0 radical (unpaired) electrons. The van der Waals surface area contributed by atoms with Crippen LogP contribution in [0.4, 0.5) is 10.4 Å². The Morgan fingerprint density at radius 3 is 2.81 bits per heavy atom. The minimum absolute atomic E-state index is 0.0170. The van der Waals surface area contributed by atoms with E-state index in [2.05, 4.69) is 26.5 Å². The molecule has 0 aliphatic rings. The van der Waals surface area contributed by atoms with Crippen molar-refractivity contribution in [1.82, 2.24) is 10.1 Å². The molecule has 21 heavy (non-hydrogen) atoms. The number of sulfonamides is 1. The lowest BCUT2D eigenvalue weighted by molar-refractivity contribution is 0.350. The maximum atomic E-state index is 13.7. The summed E-state index contributed by atoms with van der Waals surface area (Å²) in [7, 11) is -4.04. The fraction of sp³-hybridized carbons (Fsp3) is 0.167. The van der Waals surface area contributed by atoms with E-state index in [1.165, 1.54) is 19.1 Å². The van der Waals surface area contributed by atoms with Gasteiger partial charge in [-0.05, 0) is 25.1 Å². The summed E-state index contributed by atoms with van der Waals surface area (Å²) in [4.78, 5) is 3.38. The fourth-order valence-electron chi connectivity index (χ4n) is 1.41. The number of nitrogens with one attached hydrogen (secondary N) is 1. The molecule has 1 aromatic carbocycles. The molecule has 2 rings (SSSR count). The highest BCUT2D eigenvalue weighted by atomic mass is 32.2. The first kappa shape index (κ1) is 15.0. The number of aliphatic hydroxyl groups excluding tert-OH is 1. The molecule has 0 fully saturated rings. The quantitative estimate of drug-likeness (QED) is 0.807. The molecular formula is C12H10FN3O4S. The number of hydrogen-bond donors (Lipinski definition) is 2. The molecular weight excluding hydrogens is 301 g/mol. The van der Waals surface area contributed by atoms with Crippen LogP contribution in [0.3, 0.4) is 0 Å². The smallest absolute Gasteiger partial charge is 0.335 e. The molecule has 0 amide bonds. The van der Waals surface area contributed by atoms with Crippen molar-refractivity contribution in [3.8, 4) is 11.8 Å². The van der Waals surface area contributed by atoms with Gasteiger partial charge in [-0.3, -0.25) is 0 Å². The summed E-state index contributed by atoms with van der Waals surface area (Å²) in [5.74, 6) is 4.08. The van der Waals surface area contributed by atoms with E-state index in [9.17, 15) is 12.8 Å². The normalized spacial score (nSPS) is 10.8. The Labute approximate surface area is 119 Å². The van der Waals surface area contributed by atoms with Crippen LogP contribution in [0, 0.1) is 24.6 Å². The second kappa shape index (κ2) is 5.90. The Morgan fingerprint density at radius 2 is 2.24 bits per heavy atom. The summed E-state index contributed by atoms with van der Waals surface area (Å²) >= 11 is 0. The molecule has 1 aromatic heterocycles. The van der Waals surface area contributed by atoms with Gasteiger partial charge in [0, 0.05) is 0 Å². The van der Waals surface area contributed by atoms with E-state index in [-0.39, 0.29) is 22.3 Å². The van der Waals surface area contributed by atoms with Gasteiger partial charge in [0.2, 0.25) is 0 Å². The van der Waals surface area contributed by atoms with Gasteiger partial charge in [0.15, 0.2) is 5.82 Å². The number of aliphatic hydroxyl groups is 1. The standard InChI is InChI=1S/C12H10FN3O4S/c1-8-14-12(20-15-8)16-21(18,19)10-5-4-9(3-2-6-17)11(13)7-10/h4-5,7,17H,6H2,1H3,(H,14,15,16). The average molecular weight is 311 g/mol. The van der Waals surface area contributed by atoms with Gasteiger partial charge < -0.3 is 9.63 Å². The lowest BCUT2D eigenvalue weighted by atomic mass is 10.2. The van der Waals surface area contributed by atoms with E-state index in [0.717, 1.165) is 6.07 Å². The van der Waals surface area contributed by atoms with Gasteiger partial charge >= 0.3 is 6.01 Å². The number of benzene rings is 1. The molecule has 110 valence electrons. The lowest BCUT2D eigenvalue weighted by Crippen LogP contribution is -2.13. The molecule has 0 saturated heterocycles. The monoisotopic (exact) mass is 311 g/mol. The minimum Gasteiger partial charge on any atom is -0.384 e. The van der Waals surface area contributed by atoms with Crippen LogP contribution in [-0.4, -0.2) is 30.3 Å². The van der Waals surface area contributed by atoms with Crippen LogP contribution in [0.1, 0.15) is 11.4 Å². The van der Waals surface area contributed by atoms with E-state index in [1.54, 1.807) is 0 Å². The Kier molecular flexibility index (Phi) is 4.21. The van der Waals surface area contributed by atoms with Crippen molar-refractivity contribution < 1.29 is 22.4 Å². The molecule has 0 saturated carbocycles. The molecule has 7 nitrogen and oxygen atoms in total. The van der Waals surface area contributed by atoms with Crippen molar-refractivity contribution in [3.63, 3.8) is 0 Å². The van der Waals surface area contributed by atoms with E-state index < -0.39 is 22.4 Å². The first-order valence-electron chi connectivity index (χ1n) is 5.65. The van der Waals surface area contributed by atoms with Gasteiger partial charge in [0.25, 0.3) is 10.0 Å². The molecule has 0 aliphatic carbocycles. The Balaban J connectivity index is 2.30. The molecule has 0 atom stereocenters. The first-order chi connectivity index (χ1) is 9.92. The van der Waals surface area contributed by atoms with Crippen LogP contribution in [-0.2, 0) is 10.0 Å².